The molecule has 0 amide bonds. The fraction of sp³-hybridized carbons (Fsp3) is 0.444. The Morgan fingerprint density at radius 3 is 2.05 bits per heavy atom. The van der Waals surface area contributed by atoms with E-state index in [9.17, 15) is 50.8 Å². The molecule has 0 bridgehead atoms. The van der Waals surface area contributed by atoms with E-state index in [1.54, 1.807) is 0 Å². The smallest absolute Gasteiger partial charge is 0.239 e. The highest BCUT2D eigenvalue weighted by molar-refractivity contribution is 5.88. The molecule has 2 fully saturated rings. The Hall–Kier alpha value is -3.51. The minimum Gasteiger partial charge on any atom is -0.508 e. The van der Waals surface area contributed by atoms with Gasteiger partial charge < -0.3 is 69.3 Å². The molecular formula is C27H30O15. The molecule has 1 aromatic heterocycles. The first-order valence-electron chi connectivity index (χ1n) is 12.9. The number of ether oxygens (including phenoxy) is 4. The van der Waals surface area contributed by atoms with E-state index in [4.69, 9.17) is 23.4 Å². The number of benzene rings is 2. The number of phenolic OH excluding ortho intramolecular Hbond substituents is 2. The van der Waals surface area contributed by atoms with Crippen LogP contribution in [0.5, 0.6) is 23.0 Å². The van der Waals surface area contributed by atoms with E-state index in [1.807, 2.05) is 0 Å². The summed E-state index contributed by atoms with van der Waals surface area (Å²) in [6.07, 6.45) is -15.5. The molecule has 3 aromatic rings. The predicted molar refractivity (Wildman–Crippen MR) is 139 cm³/mol. The van der Waals surface area contributed by atoms with Crippen LogP contribution in [0.15, 0.2) is 45.6 Å². The first-order valence-corrected chi connectivity index (χ1v) is 12.9. The summed E-state index contributed by atoms with van der Waals surface area (Å²) in [4.78, 5) is 13.7. The van der Waals surface area contributed by atoms with Crippen LogP contribution in [-0.4, -0.2) is 114 Å². The molecule has 0 spiro atoms. The van der Waals surface area contributed by atoms with Gasteiger partial charge in [0.1, 0.15) is 70.9 Å². The molecule has 2 aromatic carbocycles. The number of aliphatic hydroxyl groups excluding tert-OH is 7. The average molecular weight is 595 g/mol. The number of aromatic hydroxyl groups is 2. The number of fused-ring (bicyclic) bond motifs is 1. The Bertz CT molecular complexity index is 1470. The van der Waals surface area contributed by atoms with Crippen molar-refractivity contribution in [3.05, 3.63) is 46.6 Å². The van der Waals surface area contributed by atoms with Crippen molar-refractivity contribution in [2.24, 2.45) is 0 Å². The van der Waals surface area contributed by atoms with Crippen molar-refractivity contribution in [3.8, 4) is 34.3 Å². The summed E-state index contributed by atoms with van der Waals surface area (Å²) in [7, 11) is 0. The maximum atomic E-state index is 13.7. The third-order valence-electron chi connectivity index (χ3n) is 7.18. The molecule has 0 unspecified atom stereocenters. The molecule has 10 atom stereocenters. The molecule has 2 saturated heterocycles. The van der Waals surface area contributed by atoms with Crippen LogP contribution in [0.4, 0.5) is 0 Å². The Morgan fingerprint density at radius 1 is 0.786 bits per heavy atom. The minimum absolute atomic E-state index is 0.112. The summed E-state index contributed by atoms with van der Waals surface area (Å²) in [6, 6.07) is 7.53. The molecule has 5 rings (SSSR count). The first-order chi connectivity index (χ1) is 19.9. The van der Waals surface area contributed by atoms with Crippen LogP contribution < -0.4 is 14.9 Å². The van der Waals surface area contributed by atoms with Crippen molar-refractivity contribution in [1.82, 2.24) is 0 Å². The molecule has 0 saturated carbocycles. The summed E-state index contributed by atoms with van der Waals surface area (Å²) >= 11 is 0. The molecule has 15 heteroatoms. The molecule has 42 heavy (non-hydrogen) atoms. The highest BCUT2D eigenvalue weighted by Crippen LogP contribution is 2.38. The van der Waals surface area contributed by atoms with E-state index in [0.717, 1.165) is 6.07 Å². The van der Waals surface area contributed by atoms with Gasteiger partial charge in [-0.15, -0.1) is 0 Å². The van der Waals surface area contributed by atoms with Crippen molar-refractivity contribution >= 4 is 11.0 Å². The van der Waals surface area contributed by atoms with Crippen LogP contribution in [0.2, 0.25) is 0 Å². The van der Waals surface area contributed by atoms with Crippen LogP contribution in [-0.2, 0) is 9.47 Å². The van der Waals surface area contributed by atoms with E-state index in [0.29, 0.717) is 0 Å². The van der Waals surface area contributed by atoms with E-state index in [-0.39, 0.29) is 28.4 Å². The van der Waals surface area contributed by atoms with Crippen molar-refractivity contribution < 1.29 is 69.3 Å². The Labute approximate surface area is 236 Å². The third kappa shape index (κ3) is 5.37. The topological polar surface area (TPSA) is 249 Å². The van der Waals surface area contributed by atoms with Gasteiger partial charge in [-0.1, -0.05) is 0 Å². The monoisotopic (exact) mass is 594 g/mol. The fourth-order valence-electron chi connectivity index (χ4n) is 4.76. The summed E-state index contributed by atoms with van der Waals surface area (Å²) in [5.74, 6) is -1.77. The van der Waals surface area contributed by atoms with Gasteiger partial charge in [0.2, 0.25) is 23.8 Å². The molecular weight excluding hydrogens is 564 g/mol. The molecule has 9 N–H and O–H groups in total. The van der Waals surface area contributed by atoms with E-state index in [1.165, 1.54) is 37.3 Å². The van der Waals surface area contributed by atoms with Gasteiger partial charge in [-0.05, 0) is 31.2 Å². The molecule has 2 aliphatic rings. The molecule has 228 valence electrons. The quantitative estimate of drug-likeness (QED) is 0.154. The standard InChI is InChI=1S/C27H30O15/c1-9-17(31)20(34)22(36)26(38-9)39-12-6-13(30)16-14(7-12)40-24(10-2-4-11(29)5-3-10)25(19(16)33)42-27-23(37)21(35)18(32)15(8-28)41-27/h2-7,9,15,17-18,20-23,26-32,34-37H,8H2,1H3/t9-,15+,17-,18+,20+,21-,22+,23+,26-,27-/m1/s1. The Kier molecular flexibility index (Phi) is 8.30. The van der Waals surface area contributed by atoms with Gasteiger partial charge in [0.15, 0.2) is 5.76 Å². The molecule has 15 nitrogen and oxygen atoms in total. The van der Waals surface area contributed by atoms with Crippen molar-refractivity contribution in [1.29, 1.82) is 0 Å². The van der Waals surface area contributed by atoms with Crippen LogP contribution >= 0.6 is 0 Å². The highest BCUT2D eigenvalue weighted by atomic mass is 16.7. The van der Waals surface area contributed by atoms with Gasteiger partial charge in [0, 0.05) is 17.7 Å². The summed E-state index contributed by atoms with van der Waals surface area (Å²) in [6.45, 7) is 0.702. The van der Waals surface area contributed by atoms with Crippen LogP contribution in [0.1, 0.15) is 6.92 Å². The van der Waals surface area contributed by atoms with Gasteiger partial charge in [0.05, 0.1) is 12.7 Å². The number of hydrogen-bond donors (Lipinski definition) is 9. The molecule has 2 aliphatic heterocycles. The highest BCUT2D eigenvalue weighted by Gasteiger charge is 2.46. The van der Waals surface area contributed by atoms with Crippen molar-refractivity contribution in [2.45, 2.75) is 68.3 Å². The molecule has 0 radical (unpaired) electrons. The second-order valence-corrected chi connectivity index (χ2v) is 10.1. The van der Waals surface area contributed by atoms with Crippen LogP contribution in [0.3, 0.4) is 0 Å². The predicted octanol–water partition coefficient (Wildman–Crippen LogP) is -1.74. The Morgan fingerprint density at radius 2 is 1.40 bits per heavy atom. The lowest BCUT2D eigenvalue weighted by molar-refractivity contribution is -0.277. The average Bonchev–Trinajstić information content (AvgIpc) is 2.96. The number of rotatable bonds is 6. The lowest BCUT2D eigenvalue weighted by atomic mass is 9.99. The SMILES string of the molecule is C[C@H]1O[C@H](Oc2cc(O)c3c(=O)c(O[C@H]4O[C@@H](CO)[C@H](O)[C@@H](O)[C@@H]4O)c(-c4ccc(O)cc4)oc3c2)[C@@H](O)[C@@H](O)[C@@H]1O. The Balaban J connectivity index is 1.58. The maximum absolute atomic E-state index is 13.7. The lowest BCUT2D eigenvalue weighted by Gasteiger charge is -2.39. The number of phenols is 2. The zero-order chi connectivity index (χ0) is 30.5. The lowest BCUT2D eigenvalue weighted by Crippen LogP contribution is -2.60. The van der Waals surface area contributed by atoms with E-state index in [2.05, 4.69) is 0 Å². The summed E-state index contributed by atoms with van der Waals surface area (Å²) in [5, 5.41) is 90.7. The number of aliphatic hydroxyl groups is 7. The van der Waals surface area contributed by atoms with Gasteiger partial charge in [-0.2, -0.15) is 0 Å². The zero-order valence-electron chi connectivity index (χ0n) is 21.9. The second-order valence-electron chi connectivity index (χ2n) is 10.1. The first kappa shape index (κ1) is 30.0. The fourth-order valence-corrected chi connectivity index (χ4v) is 4.76. The minimum atomic E-state index is -1.87. The van der Waals surface area contributed by atoms with Gasteiger partial charge in [0.25, 0.3) is 0 Å². The van der Waals surface area contributed by atoms with Crippen molar-refractivity contribution in [2.75, 3.05) is 6.61 Å². The van der Waals surface area contributed by atoms with Gasteiger partial charge in [-0.3, -0.25) is 4.79 Å². The largest absolute Gasteiger partial charge is 0.508 e. The van der Waals surface area contributed by atoms with E-state index < -0.39 is 90.3 Å². The van der Waals surface area contributed by atoms with Gasteiger partial charge in [-0.25, -0.2) is 0 Å². The van der Waals surface area contributed by atoms with Crippen LogP contribution in [0.25, 0.3) is 22.3 Å². The normalized spacial score (nSPS) is 33.4. The zero-order valence-corrected chi connectivity index (χ0v) is 21.9. The second kappa shape index (κ2) is 11.6. The van der Waals surface area contributed by atoms with Crippen molar-refractivity contribution in [3.63, 3.8) is 0 Å². The van der Waals surface area contributed by atoms with E-state index >= 15 is 0 Å². The van der Waals surface area contributed by atoms with Gasteiger partial charge >= 0.3 is 0 Å². The molecule has 0 aliphatic carbocycles. The van der Waals surface area contributed by atoms with Crippen LogP contribution in [0, 0.1) is 0 Å². The summed E-state index contributed by atoms with van der Waals surface area (Å²) < 4.78 is 28.0. The molecule has 3 heterocycles. The maximum Gasteiger partial charge on any atom is 0.239 e. The number of hydrogen-bond acceptors (Lipinski definition) is 15. The summed E-state index contributed by atoms with van der Waals surface area (Å²) in [5.41, 5.74) is -1.01. The third-order valence-corrected chi connectivity index (χ3v) is 7.18.